The first-order valence-electron chi connectivity index (χ1n) is 3.40. The van der Waals surface area contributed by atoms with Crippen molar-refractivity contribution in [2.45, 2.75) is 4.90 Å². The largest absolute Gasteiger partial charge is 0.494 e. The highest BCUT2D eigenvalue weighted by Gasteiger charge is 2.28. The van der Waals surface area contributed by atoms with E-state index in [0.717, 1.165) is 16.6 Å². The van der Waals surface area contributed by atoms with Crippen LogP contribution in [0.25, 0.3) is 0 Å². The first-order valence-corrected chi connectivity index (χ1v) is 6.37. The van der Waals surface area contributed by atoms with E-state index in [1.165, 1.54) is 18.2 Å². The smallest absolute Gasteiger partial charge is 0.231 e. The fraction of sp³-hybridized carbons (Fsp3) is 0. The quantitative estimate of drug-likeness (QED) is 0.823. The van der Waals surface area contributed by atoms with E-state index >= 15 is 0 Å². The van der Waals surface area contributed by atoms with Gasteiger partial charge in [0.15, 0.2) is 0 Å². The number of sulfonamides is 1. The number of benzene rings is 1. The summed E-state index contributed by atoms with van der Waals surface area (Å²) in [6.07, 6.45) is 0. The molecule has 0 aromatic heterocycles. The van der Waals surface area contributed by atoms with Crippen molar-refractivity contribution < 1.29 is 21.4 Å². The minimum Gasteiger partial charge on any atom is -0.231 e. The molecule has 8 heteroatoms. The number of hydrogen-bond donors (Lipinski definition) is 1. The van der Waals surface area contributed by atoms with Gasteiger partial charge in [-0.05, 0) is 12.1 Å². The maximum absolute atomic E-state index is 12.0. The van der Waals surface area contributed by atoms with Crippen LogP contribution in [0.2, 0.25) is 0 Å². The lowest BCUT2D eigenvalue weighted by atomic mass is 10.4. The van der Waals surface area contributed by atoms with Crippen molar-refractivity contribution in [2.24, 2.45) is 0 Å². The van der Waals surface area contributed by atoms with E-state index in [0.29, 0.717) is 0 Å². The molecule has 1 aromatic rings. The third-order valence-electron chi connectivity index (χ3n) is 1.28. The van der Waals surface area contributed by atoms with E-state index < -0.39 is 17.9 Å². The molecule has 0 amide bonds. The summed E-state index contributed by atoms with van der Waals surface area (Å²) >= 11 is 0. The van der Waals surface area contributed by atoms with Gasteiger partial charge in [-0.25, -0.2) is 13.0 Å². The van der Waals surface area contributed by atoms with Crippen molar-refractivity contribution in [2.75, 3.05) is 0 Å². The van der Waals surface area contributed by atoms with Gasteiger partial charge in [-0.15, -0.1) is 12.9 Å². The molecule has 1 aromatic carbocycles. The Morgan fingerprint density at radius 1 is 1.14 bits per heavy atom. The van der Waals surface area contributed by atoms with Crippen LogP contribution in [0, 0.1) is 0 Å². The normalized spacial score (nSPS) is 12.7. The lowest BCUT2D eigenvalue weighted by Gasteiger charge is -2.03. The van der Waals surface area contributed by atoms with E-state index in [4.69, 9.17) is 0 Å². The third-order valence-corrected chi connectivity index (χ3v) is 3.98. The average molecular weight is 241 g/mol. The molecule has 0 aliphatic rings. The minimum absolute atomic E-state index is 0.351. The Balaban J connectivity index is 3.05. The summed E-state index contributed by atoms with van der Waals surface area (Å²) in [5.41, 5.74) is 0. The fourth-order valence-corrected chi connectivity index (χ4v) is 2.85. The molecular formula is C6H6F2NO3PS. The summed E-state index contributed by atoms with van der Waals surface area (Å²) in [6.45, 7) is 0. The Bertz CT molecular complexity index is 455. The maximum Gasteiger partial charge on any atom is 0.494 e. The topological polar surface area (TPSA) is 63.2 Å². The minimum atomic E-state index is -5.79. The van der Waals surface area contributed by atoms with Crippen LogP contribution < -0.4 is 4.49 Å². The van der Waals surface area contributed by atoms with Crippen molar-refractivity contribution in [3.05, 3.63) is 30.3 Å². The summed E-state index contributed by atoms with van der Waals surface area (Å²) < 4.78 is 56.9. The summed E-state index contributed by atoms with van der Waals surface area (Å²) in [7, 11) is -10.2. The van der Waals surface area contributed by atoms with Gasteiger partial charge in [0.1, 0.15) is 0 Å². The van der Waals surface area contributed by atoms with Gasteiger partial charge in [-0.1, -0.05) is 18.2 Å². The molecule has 0 spiro atoms. The van der Waals surface area contributed by atoms with Gasteiger partial charge < -0.3 is 0 Å². The lowest BCUT2D eigenvalue weighted by molar-refractivity contribution is 0.487. The number of hydrogen-bond acceptors (Lipinski definition) is 3. The van der Waals surface area contributed by atoms with Gasteiger partial charge in [-0.3, -0.25) is 0 Å². The number of rotatable bonds is 3. The molecule has 1 rings (SSSR count). The van der Waals surface area contributed by atoms with Gasteiger partial charge in [0.25, 0.3) is 0 Å². The van der Waals surface area contributed by atoms with Crippen molar-refractivity contribution in [3.63, 3.8) is 0 Å². The van der Waals surface area contributed by atoms with Gasteiger partial charge in [0, 0.05) is 0 Å². The van der Waals surface area contributed by atoms with E-state index in [1.807, 2.05) is 0 Å². The van der Waals surface area contributed by atoms with Gasteiger partial charge in [-0.2, -0.15) is 0 Å². The van der Waals surface area contributed by atoms with Crippen LogP contribution in [-0.2, 0) is 14.6 Å². The predicted molar refractivity (Wildman–Crippen MR) is 46.6 cm³/mol. The SMILES string of the molecule is O=P(F)(F)NS(=O)(=O)c1ccccc1. The summed E-state index contributed by atoms with van der Waals surface area (Å²) in [5.74, 6) is 0. The fourth-order valence-electron chi connectivity index (χ4n) is 0.792. The maximum atomic E-state index is 12.0. The first kappa shape index (κ1) is 11.3. The molecule has 0 unspecified atom stereocenters. The standard InChI is InChI=1S/C6H6F2NO3PS/c7-13(8,10)9-14(11,12)6-4-2-1-3-5-6/h1-5H,(H,9,10). The second kappa shape index (κ2) is 3.76. The zero-order valence-electron chi connectivity index (χ0n) is 6.72. The van der Waals surface area contributed by atoms with Crippen LogP contribution in [-0.4, -0.2) is 8.42 Å². The van der Waals surface area contributed by atoms with Crippen molar-refractivity contribution >= 4 is 17.9 Å². The zero-order valence-corrected chi connectivity index (χ0v) is 8.43. The van der Waals surface area contributed by atoms with Crippen LogP contribution in [0.5, 0.6) is 0 Å². The molecule has 0 saturated heterocycles. The first-order chi connectivity index (χ1) is 6.31. The van der Waals surface area contributed by atoms with Crippen LogP contribution in [0.1, 0.15) is 0 Å². The van der Waals surface area contributed by atoms with Gasteiger partial charge >= 0.3 is 7.91 Å². The summed E-state index contributed by atoms with van der Waals surface area (Å²) in [4.78, 5) is -0.351. The number of nitrogens with one attached hydrogen (secondary N) is 1. The highest BCUT2D eigenvalue weighted by molar-refractivity contribution is 7.94. The summed E-state index contributed by atoms with van der Waals surface area (Å²) in [5, 5.41) is 0. The Kier molecular flexibility index (Phi) is 3.04. The van der Waals surface area contributed by atoms with Gasteiger partial charge in [0.2, 0.25) is 10.0 Å². The van der Waals surface area contributed by atoms with Gasteiger partial charge in [0.05, 0.1) is 4.90 Å². The zero-order chi connectivity index (χ0) is 10.8. The highest BCUT2D eigenvalue weighted by Crippen LogP contribution is 2.45. The number of halogens is 2. The molecule has 0 aliphatic heterocycles. The Labute approximate surface area is 79.7 Å². The van der Waals surface area contributed by atoms with Crippen molar-refractivity contribution in [1.82, 2.24) is 4.49 Å². The van der Waals surface area contributed by atoms with E-state index in [9.17, 15) is 21.4 Å². The molecule has 0 saturated carbocycles. The molecule has 78 valence electrons. The molecule has 0 fully saturated rings. The molecule has 0 atom stereocenters. The highest BCUT2D eigenvalue weighted by atomic mass is 32.2. The third kappa shape index (κ3) is 3.17. The molecule has 0 heterocycles. The monoisotopic (exact) mass is 241 g/mol. The van der Waals surface area contributed by atoms with Crippen LogP contribution >= 0.6 is 7.91 Å². The van der Waals surface area contributed by atoms with Crippen molar-refractivity contribution in [3.8, 4) is 0 Å². The van der Waals surface area contributed by atoms with Crippen LogP contribution in [0.15, 0.2) is 35.2 Å². The molecule has 0 aliphatic carbocycles. The summed E-state index contributed by atoms with van der Waals surface area (Å²) in [6, 6.07) is 6.52. The van der Waals surface area contributed by atoms with Crippen LogP contribution in [0.4, 0.5) is 8.39 Å². The van der Waals surface area contributed by atoms with E-state index in [-0.39, 0.29) is 4.90 Å². The average Bonchev–Trinajstić information content (AvgIpc) is 2.01. The second-order valence-corrected chi connectivity index (χ2v) is 5.50. The molecule has 14 heavy (non-hydrogen) atoms. The molecule has 0 radical (unpaired) electrons. The molecule has 4 nitrogen and oxygen atoms in total. The lowest BCUT2D eigenvalue weighted by Crippen LogP contribution is -2.17. The molecular weight excluding hydrogens is 235 g/mol. The second-order valence-electron chi connectivity index (χ2n) is 2.37. The Hall–Kier alpha value is -0.780. The molecule has 1 N–H and O–H groups in total. The predicted octanol–water partition coefficient (Wildman–Crippen LogP) is 2.01. The Morgan fingerprint density at radius 2 is 1.64 bits per heavy atom. The van der Waals surface area contributed by atoms with E-state index in [2.05, 4.69) is 0 Å². The van der Waals surface area contributed by atoms with Crippen LogP contribution in [0.3, 0.4) is 0 Å². The molecule has 0 bridgehead atoms. The van der Waals surface area contributed by atoms with E-state index in [1.54, 1.807) is 0 Å². The van der Waals surface area contributed by atoms with Crippen molar-refractivity contribution in [1.29, 1.82) is 0 Å². The Morgan fingerprint density at radius 3 is 2.07 bits per heavy atom.